The van der Waals surface area contributed by atoms with Gasteiger partial charge in [0.05, 0.1) is 17.7 Å². The molecule has 1 saturated carbocycles. The largest absolute Gasteiger partial charge is 0.375 e. The molecular formula is C16H20Cl2N2O3S. The minimum absolute atomic E-state index is 0.0746. The maximum absolute atomic E-state index is 12.6. The summed E-state index contributed by atoms with van der Waals surface area (Å²) in [5.74, 6) is 0.703. The molecule has 0 aromatic heterocycles. The molecule has 0 spiro atoms. The number of hydrogen-bond donors (Lipinski definition) is 1. The normalized spacial score (nSPS) is 31.2. The van der Waals surface area contributed by atoms with Gasteiger partial charge in [-0.3, -0.25) is 4.90 Å². The highest BCUT2D eigenvalue weighted by atomic mass is 35.5. The Labute approximate surface area is 152 Å². The third-order valence-corrected chi connectivity index (χ3v) is 7.34. The summed E-state index contributed by atoms with van der Waals surface area (Å²) in [6.45, 7) is 2.33. The van der Waals surface area contributed by atoms with Gasteiger partial charge >= 0.3 is 0 Å². The molecule has 1 aromatic rings. The standard InChI is InChI=1S/C16H20Cl2N2O3S/c17-11-3-4-16(14(18)5-11)24(21,22)19-12-6-13-9-23-15(10-1-2-10)8-20(13)7-12/h3-5,10,12-13,15,19H,1-2,6-9H2/t12-,13+,15-/m1/s1. The Morgan fingerprint density at radius 3 is 2.71 bits per heavy atom. The summed E-state index contributed by atoms with van der Waals surface area (Å²) >= 11 is 11.9. The van der Waals surface area contributed by atoms with Gasteiger partial charge in [-0.1, -0.05) is 23.2 Å². The number of benzene rings is 1. The second-order valence-corrected chi connectivity index (χ2v) is 9.47. The molecule has 5 nitrogen and oxygen atoms in total. The van der Waals surface area contributed by atoms with E-state index in [0.717, 1.165) is 19.5 Å². The zero-order valence-corrected chi connectivity index (χ0v) is 15.4. The molecule has 0 unspecified atom stereocenters. The van der Waals surface area contributed by atoms with Gasteiger partial charge in [-0.15, -0.1) is 0 Å². The number of fused-ring (bicyclic) bond motifs is 1. The molecule has 2 heterocycles. The fourth-order valence-electron chi connectivity index (χ4n) is 3.71. The van der Waals surface area contributed by atoms with Crippen molar-refractivity contribution in [2.24, 2.45) is 5.92 Å². The van der Waals surface area contributed by atoms with E-state index in [0.29, 0.717) is 29.7 Å². The highest BCUT2D eigenvalue weighted by Crippen LogP contribution is 2.38. The second-order valence-electron chi connectivity index (χ2n) is 6.95. The molecule has 4 rings (SSSR count). The number of morpholine rings is 1. The molecule has 0 bridgehead atoms. The Balaban J connectivity index is 1.44. The Morgan fingerprint density at radius 2 is 2.00 bits per heavy atom. The van der Waals surface area contributed by atoms with E-state index in [1.54, 1.807) is 0 Å². The molecular weight excluding hydrogens is 371 g/mol. The van der Waals surface area contributed by atoms with Crippen LogP contribution >= 0.6 is 23.2 Å². The average molecular weight is 391 g/mol. The molecule has 0 radical (unpaired) electrons. The van der Waals surface area contributed by atoms with E-state index >= 15 is 0 Å². The topological polar surface area (TPSA) is 58.6 Å². The molecule has 0 amide bonds. The van der Waals surface area contributed by atoms with E-state index in [1.807, 2.05) is 0 Å². The summed E-state index contributed by atoms with van der Waals surface area (Å²) in [7, 11) is -3.66. The number of halogens is 2. The van der Waals surface area contributed by atoms with Crippen LogP contribution < -0.4 is 4.72 Å². The number of ether oxygens (including phenoxy) is 1. The fourth-order valence-corrected chi connectivity index (χ4v) is 5.73. The van der Waals surface area contributed by atoms with E-state index in [2.05, 4.69) is 9.62 Å². The summed E-state index contributed by atoms with van der Waals surface area (Å²) in [5.41, 5.74) is 0. The van der Waals surface area contributed by atoms with Crippen LogP contribution in [0.3, 0.4) is 0 Å². The molecule has 1 aliphatic carbocycles. The molecule has 8 heteroatoms. The zero-order chi connectivity index (χ0) is 16.9. The van der Waals surface area contributed by atoms with E-state index in [4.69, 9.17) is 27.9 Å². The maximum Gasteiger partial charge on any atom is 0.242 e. The van der Waals surface area contributed by atoms with Crippen molar-refractivity contribution in [2.45, 2.75) is 42.3 Å². The van der Waals surface area contributed by atoms with Crippen molar-refractivity contribution in [1.29, 1.82) is 0 Å². The van der Waals surface area contributed by atoms with Crippen LogP contribution in [0, 0.1) is 5.92 Å². The van der Waals surface area contributed by atoms with Crippen LogP contribution in [0.5, 0.6) is 0 Å². The van der Waals surface area contributed by atoms with Crippen molar-refractivity contribution in [3.8, 4) is 0 Å². The van der Waals surface area contributed by atoms with Crippen LogP contribution in [0.15, 0.2) is 23.1 Å². The van der Waals surface area contributed by atoms with Crippen LogP contribution in [0.2, 0.25) is 10.0 Å². The predicted molar refractivity (Wildman–Crippen MR) is 93.0 cm³/mol. The Kier molecular flexibility index (Phi) is 4.56. The maximum atomic E-state index is 12.6. The third-order valence-electron chi connectivity index (χ3n) is 5.10. The molecule has 3 atom stereocenters. The van der Waals surface area contributed by atoms with Crippen molar-refractivity contribution >= 4 is 33.2 Å². The number of sulfonamides is 1. The van der Waals surface area contributed by atoms with E-state index in [1.165, 1.54) is 31.0 Å². The van der Waals surface area contributed by atoms with Crippen LogP contribution in [0.1, 0.15) is 19.3 Å². The molecule has 2 saturated heterocycles. The van der Waals surface area contributed by atoms with Gasteiger partial charge < -0.3 is 4.74 Å². The first-order chi connectivity index (χ1) is 11.4. The zero-order valence-electron chi connectivity index (χ0n) is 13.1. The number of nitrogens with zero attached hydrogens (tertiary/aromatic N) is 1. The lowest BCUT2D eigenvalue weighted by molar-refractivity contribution is -0.0581. The first-order valence-corrected chi connectivity index (χ1v) is 10.5. The lowest BCUT2D eigenvalue weighted by atomic mass is 10.1. The lowest BCUT2D eigenvalue weighted by Crippen LogP contribution is -2.47. The van der Waals surface area contributed by atoms with E-state index < -0.39 is 10.0 Å². The quantitative estimate of drug-likeness (QED) is 0.857. The minimum Gasteiger partial charge on any atom is -0.375 e. The van der Waals surface area contributed by atoms with Crippen LogP contribution in [0.4, 0.5) is 0 Å². The Bertz CT molecular complexity index is 739. The third kappa shape index (κ3) is 3.45. The van der Waals surface area contributed by atoms with E-state index in [9.17, 15) is 8.42 Å². The van der Waals surface area contributed by atoms with Crippen molar-refractivity contribution in [2.75, 3.05) is 19.7 Å². The molecule has 24 heavy (non-hydrogen) atoms. The van der Waals surface area contributed by atoms with Gasteiger partial charge in [-0.05, 0) is 43.4 Å². The van der Waals surface area contributed by atoms with Gasteiger partial charge in [0, 0.05) is 30.2 Å². The molecule has 132 valence electrons. The summed E-state index contributed by atoms with van der Waals surface area (Å²) in [4.78, 5) is 2.44. The Hall–Kier alpha value is -0.370. The van der Waals surface area contributed by atoms with Crippen molar-refractivity contribution in [3.63, 3.8) is 0 Å². The van der Waals surface area contributed by atoms with Gasteiger partial charge in [-0.2, -0.15) is 0 Å². The van der Waals surface area contributed by atoms with Crippen LogP contribution in [-0.4, -0.2) is 51.2 Å². The number of nitrogens with one attached hydrogen (secondary N) is 1. The van der Waals surface area contributed by atoms with Gasteiger partial charge in [0.25, 0.3) is 0 Å². The SMILES string of the molecule is O=S(=O)(N[C@@H]1C[C@H]2CO[C@@H](C3CC3)CN2C1)c1ccc(Cl)cc1Cl. The average Bonchev–Trinajstić information content (AvgIpc) is 3.27. The number of hydrogen-bond acceptors (Lipinski definition) is 4. The molecule has 3 aliphatic rings. The highest BCUT2D eigenvalue weighted by molar-refractivity contribution is 7.89. The molecule has 1 N–H and O–H groups in total. The van der Waals surface area contributed by atoms with Crippen molar-refractivity contribution < 1.29 is 13.2 Å². The summed E-state index contributed by atoms with van der Waals surface area (Å²) in [6, 6.07) is 4.61. The predicted octanol–water partition coefficient (Wildman–Crippen LogP) is 2.52. The highest BCUT2D eigenvalue weighted by Gasteiger charge is 2.43. The monoisotopic (exact) mass is 390 g/mol. The summed E-state index contributed by atoms with van der Waals surface area (Å²) < 4.78 is 34.0. The van der Waals surface area contributed by atoms with Gasteiger partial charge in [-0.25, -0.2) is 13.1 Å². The van der Waals surface area contributed by atoms with Gasteiger partial charge in [0.2, 0.25) is 10.0 Å². The summed E-state index contributed by atoms with van der Waals surface area (Å²) in [6.07, 6.45) is 3.60. The smallest absolute Gasteiger partial charge is 0.242 e. The lowest BCUT2D eigenvalue weighted by Gasteiger charge is -2.35. The first kappa shape index (κ1) is 17.1. The van der Waals surface area contributed by atoms with Gasteiger partial charge in [0.15, 0.2) is 0 Å². The first-order valence-electron chi connectivity index (χ1n) is 8.25. The van der Waals surface area contributed by atoms with Crippen molar-refractivity contribution in [1.82, 2.24) is 9.62 Å². The molecule has 2 aliphatic heterocycles. The van der Waals surface area contributed by atoms with Gasteiger partial charge in [0.1, 0.15) is 4.90 Å². The molecule has 1 aromatic carbocycles. The molecule has 3 fully saturated rings. The number of rotatable bonds is 4. The summed E-state index contributed by atoms with van der Waals surface area (Å²) in [5, 5.41) is 0.558. The van der Waals surface area contributed by atoms with Crippen LogP contribution in [-0.2, 0) is 14.8 Å². The minimum atomic E-state index is -3.66. The Morgan fingerprint density at radius 1 is 1.21 bits per heavy atom. The van der Waals surface area contributed by atoms with Crippen LogP contribution in [0.25, 0.3) is 0 Å². The fraction of sp³-hybridized carbons (Fsp3) is 0.625. The second kappa shape index (κ2) is 6.41. The van der Waals surface area contributed by atoms with E-state index in [-0.39, 0.29) is 16.0 Å². The van der Waals surface area contributed by atoms with Crippen molar-refractivity contribution in [3.05, 3.63) is 28.2 Å².